The Bertz CT molecular complexity index is 846. The summed E-state index contributed by atoms with van der Waals surface area (Å²) in [7, 11) is -4.33. The molecule has 2 aromatic rings. The van der Waals surface area contributed by atoms with Crippen LogP contribution in [0, 0.1) is 0 Å². The Balaban J connectivity index is 1.88. The van der Waals surface area contributed by atoms with Crippen LogP contribution in [0.2, 0.25) is 10.0 Å². The van der Waals surface area contributed by atoms with Gasteiger partial charge in [-0.1, -0.05) is 29.3 Å². The molecule has 0 N–H and O–H groups in total. The van der Waals surface area contributed by atoms with Gasteiger partial charge in [0.15, 0.2) is 0 Å². The molecule has 2 unspecified atom stereocenters. The van der Waals surface area contributed by atoms with E-state index in [4.69, 9.17) is 32.7 Å². The van der Waals surface area contributed by atoms with Gasteiger partial charge < -0.3 is 18.6 Å². The van der Waals surface area contributed by atoms with E-state index >= 15 is 0 Å². The van der Waals surface area contributed by atoms with Crippen molar-refractivity contribution in [2.24, 2.45) is 0 Å². The van der Waals surface area contributed by atoms with Gasteiger partial charge >= 0.3 is 0 Å². The van der Waals surface area contributed by atoms with E-state index in [-0.39, 0.29) is 19.6 Å². The molecule has 2 atom stereocenters. The fourth-order valence-corrected chi connectivity index (χ4v) is 3.74. The normalized spacial score (nSPS) is 23.9. The predicted molar refractivity (Wildman–Crippen MR) is 88.2 cm³/mol. The summed E-state index contributed by atoms with van der Waals surface area (Å²) in [5, 5.41) is 8.28. The minimum Gasteiger partial charge on any atom is -0.748 e. The summed E-state index contributed by atoms with van der Waals surface area (Å²) in [6.07, 6.45) is 2.45. The lowest BCUT2D eigenvalue weighted by molar-refractivity contribution is -0.187. The minimum absolute atomic E-state index is 0.0287. The summed E-state index contributed by atoms with van der Waals surface area (Å²) in [5.41, 5.74) is 0.541. The molecule has 1 aromatic heterocycles. The monoisotopic (exact) mass is 406 g/mol. The van der Waals surface area contributed by atoms with E-state index in [0.717, 1.165) is 0 Å². The van der Waals surface area contributed by atoms with Crippen LogP contribution in [0.4, 0.5) is 0 Å². The lowest BCUT2D eigenvalue weighted by Crippen LogP contribution is -2.34. The lowest BCUT2D eigenvalue weighted by Gasteiger charge is -2.29. The number of aromatic nitrogens is 3. The lowest BCUT2D eigenvalue weighted by atomic mass is 10.1. The topological polar surface area (TPSA) is 106 Å². The molecule has 3 rings (SSSR count). The van der Waals surface area contributed by atoms with Crippen molar-refractivity contribution in [2.75, 3.05) is 12.4 Å². The molecule has 0 amide bonds. The Hall–Kier alpha value is -1.23. The smallest absolute Gasteiger partial charge is 0.215 e. The van der Waals surface area contributed by atoms with Crippen molar-refractivity contribution >= 4 is 33.3 Å². The summed E-state index contributed by atoms with van der Waals surface area (Å²) in [6, 6.07) is 4.90. The third-order valence-corrected chi connectivity index (χ3v) is 5.03. The zero-order valence-corrected chi connectivity index (χ0v) is 15.2. The van der Waals surface area contributed by atoms with E-state index < -0.39 is 27.8 Å². The highest BCUT2D eigenvalue weighted by Gasteiger charge is 2.45. The van der Waals surface area contributed by atoms with Crippen molar-refractivity contribution in [1.82, 2.24) is 14.8 Å². The van der Waals surface area contributed by atoms with E-state index in [1.54, 1.807) is 22.8 Å². The average molecular weight is 407 g/mol. The quantitative estimate of drug-likeness (QED) is 0.672. The Morgan fingerprint density at radius 3 is 2.68 bits per heavy atom. The van der Waals surface area contributed by atoms with Gasteiger partial charge in [0, 0.05) is 16.3 Å². The summed E-state index contributed by atoms with van der Waals surface area (Å²) >= 11 is 12.3. The molecule has 1 aromatic carbocycles. The molecule has 136 valence electrons. The number of rotatable bonds is 6. The second-order valence-corrected chi connectivity index (χ2v) is 7.98. The second-order valence-electron chi connectivity index (χ2n) is 5.61. The SMILES string of the molecule is O=S(=O)([O-])CCC1COC(Cn2cnnc2)(c2ccc(Cl)cc2Cl)O1. The van der Waals surface area contributed by atoms with Gasteiger partial charge in [0.1, 0.15) is 12.7 Å². The van der Waals surface area contributed by atoms with Gasteiger partial charge in [-0.3, -0.25) is 0 Å². The predicted octanol–water partition coefficient (Wildman–Crippen LogP) is 1.79. The number of hydrogen-bond acceptors (Lipinski definition) is 7. The molecular weight excluding hydrogens is 393 g/mol. The fraction of sp³-hybridized carbons (Fsp3) is 0.429. The highest BCUT2D eigenvalue weighted by molar-refractivity contribution is 7.85. The third kappa shape index (κ3) is 4.49. The number of ether oxygens (including phenoxy) is 2. The van der Waals surface area contributed by atoms with E-state index in [9.17, 15) is 13.0 Å². The van der Waals surface area contributed by atoms with Crippen molar-refractivity contribution in [3.63, 3.8) is 0 Å². The fourth-order valence-electron chi connectivity index (χ4n) is 2.63. The van der Waals surface area contributed by atoms with E-state index in [0.29, 0.717) is 15.6 Å². The van der Waals surface area contributed by atoms with Crippen LogP contribution in [-0.4, -0.2) is 46.2 Å². The zero-order valence-electron chi connectivity index (χ0n) is 12.8. The molecule has 1 aliphatic rings. The Kier molecular flexibility index (Phi) is 5.33. The molecule has 8 nitrogen and oxygen atoms in total. The van der Waals surface area contributed by atoms with Crippen LogP contribution in [0.5, 0.6) is 0 Å². The van der Waals surface area contributed by atoms with Crippen LogP contribution in [0.1, 0.15) is 12.0 Å². The molecule has 1 aliphatic heterocycles. The molecule has 0 spiro atoms. The van der Waals surface area contributed by atoms with Crippen LogP contribution in [0.3, 0.4) is 0 Å². The maximum absolute atomic E-state index is 10.9. The van der Waals surface area contributed by atoms with Gasteiger partial charge in [0.25, 0.3) is 0 Å². The first-order valence-corrected chi connectivity index (χ1v) is 9.64. The Labute approximate surface area is 154 Å². The molecule has 0 saturated carbocycles. The molecular formula is C14H14Cl2N3O5S-. The van der Waals surface area contributed by atoms with Crippen LogP contribution in [0.25, 0.3) is 0 Å². The van der Waals surface area contributed by atoms with E-state index in [1.807, 2.05) is 0 Å². The Morgan fingerprint density at radius 1 is 1.32 bits per heavy atom. The molecule has 1 fully saturated rings. The van der Waals surface area contributed by atoms with Gasteiger partial charge in [0.05, 0.1) is 34.4 Å². The summed E-state index contributed by atoms with van der Waals surface area (Å²) in [6.45, 7) is 0.318. The standard InChI is InChI=1S/C14H15Cl2N3O5S/c15-10-1-2-12(13(16)5-10)14(7-19-8-17-18-9-19)23-6-11(24-14)3-4-25(20,21)22/h1-2,5,8-9,11H,3-4,6-7H2,(H,20,21,22)/p-1. The highest BCUT2D eigenvalue weighted by atomic mass is 35.5. The minimum atomic E-state index is -4.33. The molecule has 2 heterocycles. The van der Waals surface area contributed by atoms with Crippen molar-refractivity contribution in [2.45, 2.75) is 24.9 Å². The molecule has 0 bridgehead atoms. The number of benzene rings is 1. The van der Waals surface area contributed by atoms with Crippen molar-refractivity contribution in [3.05, 3.63) is 46.5 Å². The second kappa shape index (κ2) is 7.18. The average Bonchev–Trinajstić information content (AvgIpc) is 3.15. The van der Waals surface area contributed by atoms with Gasteiger partial charge in [-0.05, 0) is 18.6 Å². The molecule has 0 radical (unpaired) electrons. The van der Waals surface area contributed by atoms with Gasteiger partial charge in [-0.25, -0.2) is 8.42 Å². The largest absolute Gasteiger partial charge is 0.748 e. The third-order valence-electron chi connectivity index (χ3n) is 3.75. The molecule has 1 saturated heterocycles. The number of halogens is 2. The van der Waals surface area contributed by atoms with Crippen LogP contribution < -0.4 is 0 Å². The maximum atomic E-state index is 10.9. The molecule has 11 heteroatoms. The number of hydrogen-bond donors (Lipinski definition) is 0. The van der Waals surface area contributed by atoms with Crippen LogP contribution in [0.15, 0.2) is 30.9 Å². The summed E-state index contributed by atoms with van der Waals surface area (Å²) in [4.78, 5) is 0. The first-order chi connectivity index (χ1) is 11.8. The van der Waals surface area contributed by atoms with Crippen molar-refractivity contribution in [3.8, 4) is 0 Å². The maximum Gasteiger partial charge on any atom is 0.215 e. The Morgan fingerprint density at radius 2 is 2.04 bits per heavy atom. The van der Waals surface area contributed by atoms with Crippen molar-refractivity contribution < 1.29 is 22.4 Å². The van der Waals surface area contributed by atoms with Gasteiger partial charge in [-0.2, -0.15) is 0 Å². The van der Waals surface area contributed by atoms with E-state index in [2.05, 4.69) is 10.2 Å². The van der Waals surface area contributed by atoms with Gasteiger partial charge in [0.2, 0.25) is 5.79 Å². The number of nitrogens with zero attached hydrogens (tertiary/aromatic N) is 3. The highest BCUT2D eigenvalue weighted by Crippen LogP contribution is 2.41. The summed E-state index contributed by atoms with van der Waals surface area (Å²) in [5.74, 6) is -1.79. The first kappa shape index (κ1) is 18.6. The summed E-state index contributed by atoms with van der Waals surface area (Å²) < 4.78 is 46.1. The molecule has 0 aliphatic carbocycles. The van der Waals surface area contributed by atoms with Crippen LogP contribution >= 0.6 is 23.2 Å². The van der Waals surface area contributed by atoms with E-state index in [1.165, 1.54) is 12.7 Å². The molecule has 25 heavy (non-hydrogen) atoms. The zero-order chi connectivity index (χ0) is 18.1. The van der Waals surface area contributed by atoms with Gasteiger partial charge in [-0.15, -0.1) is 10.2 Å². The first-order valence-electron chi connectivity index (χ1n) is 7.31. The van der Waals surface area contributed by atoms with Crippen molar-refractivity contribution in [1.29, 1.82) is 0 Å². The van der Waals surface area contributed by atoms with Crippen LogP contribution in [-0.2, 0) is 31.9 Å².